The molecule has 29 heavy (non-hydrogen) atoms. The molecular weight excluding hydrogens is 390 g/mol. The molecule has 2 aliphatic rings. The Hall–Kier alpha value is -3.07. The fourth-order valence-electron chi connectivity index (χ4n) is 4.09. The number of hydrogen-bond acceptors (Lipinski definition) is 6. The lowest BCUT2D eigenvalue weighted by Gasteiger charge is -2.29. The van der Waals surface area contributed by atoms with E-state index in [9.17, 15) is 14.4 Å². The van der Waals surface area contributed by atoms with Crippen LogP contribution in [-0.4, -0.2) is 43.3 Å². The summed E-state index contributed by atoms with van der Waals surface area (Å²) in [4.78, 5) is 44.7. The number of nitrogens with zero attached hydrogens (tertiary/aromatic N) is 4. The quantitative estimate of drug-likeness (QED) is 0.670. The third kappa shape index (κ3) is 2.93. The predicted molar refractivity (Wildman–Crippen MR) is 107 cm³/mol. The summed E-state index contributed by atoms with van der Waals surface area (Å²) < 4.78 is 1.66. The summed E-state index contributed by atoms with van der Waals surface area (Å²) in [5.74, 6) is -0.769. The highest BCUT2D eigenvalue weighted by Gasteiger charge is 2.40. The summed E-state index contributed by atoms with van der Waals surface area (Å²) in [5, 5.41) is 8.87. The number of anilines is 1. The first kappa shape index (κ1) is 18.0. The Morgan fingerprint density at radius 2 is 1.90 bits per heavy atom. The fraction of sp³-hybridized carbons (Fsp3) is 0.350. The summed E-state index contributed by atoms with van der Waals surface area (Å²) in [7, 11) is 0. The van der Waals surface area contributed by atoms with Crippen LogP contribution in [0.25, 0.3) is 4.96 Å². The molecule has 0 radical (unpaired) electrons. The van der Waals surface area contributed by atoms with E-state index in [4.69, 9.17) is 0 Å². The molecule has 8 nitrogen and oxygen atoms in total. The van der Waals surface area contributed by atoms with Crippen LogP contribution >= 0.6 is 11.3 Å². The molecule has 0 unspecified atom stereocenters. The number of hydrogen-bond donors (Lipinski definition) is 1. The Morgan fingerprint density at radius 1 is 1.14 bits per heavy atom. The molecule has 5 rings (SSSR count). The van der Waals surface area contributed by atoms with Crippen LogP contribution in [0.3, 0.4) is 0 Å². The smallest absolute Gasteiger partial charge is 0.261 e. The number of benzene rings is 1. The lowest BCUT2D eigenvalue weighted by molar-refractivity contribution is 0.0549. The van der Waals surface area contributed by atoms with E-state index in [0.717, 1.165) is 37.8 Å². The minimum atomic E-state index is -0.417. The molecule has 1 aromatic carbocycles. The molecule has 148 valence electrons. The second-order valence-electron chi connectivity index (χ2n) is 7.49. The Balaban J connectivity index is 1.39. The second kappa shape index (κ2) is 6.77. The van der Waals surface area contributed by atoms with Crippen molar-refractivity contribution in [3.05, 3.63) is 46.0 Å². The largest absolute Gasteiger partial charge is 0.289 e. The van der Waals surface area contributed by atoms with Crippen molar-refractivity contribution in [2.24, 2.45) is 0 Å². The van der Waals surface area contributed by atoms with Crippen molar-refractivity contribution in [3.63, 3.8) is 0 Å². The molecule has 2 aromatic heterocycles. The molecule has 1 aliphatic heterocycles. The van der Waals surface area contributed by atoms with Crippen molar-refractivity contribution >= 4 is 40.0 Å². The standard InChI is InChI=1S/C20H19N5O3S/c1-11-10-29-20-22-19(23-25(11)20)21-16(26)12-7-8-14-15(9-12)18(28)24(17(14)27)13-5-3-2-4-6-13/h7-10,13H,2-6H2,1H3,(H,21,23,26). The van der Waals surface area contributed by atoms with E-state index in [0.29, 0.717) is 21.7 Å². The SMILES string of the molecule is Cc1csc2nc(NC(=O)c3ccc4c(c3)C(=O)N(C3CCCCC3)C4=O)nn12. The van der Waals surface area contributed by atoms with Gasteiger partial charge in [-0.3, -0.25) is 24.6 Å². The maximum atomic E-state index is 12.9. The lowest BCUT2D eigenvalue weighted by Crippen LogP contribution is -2.40. The summed E-state index contributed by atoms with van der Waals surface area (Å²) in [6.07, 6.45) is 4.90. The molecule has 3 heterocycles. The molecule has 0 atom stereocenters. The lowest BCUT2D eigenvalue weighted by atomic mass is 9.94. The number of fused-ring (bicyclic) bond motifs is 2. The van der Waals surface area contributed by atoms with Crippen LogP contribution in [0.2, 0.25) is 0 Å². The maximum Gasteiger partial charge on any atom is 0.261 e. The molecule has 9 heteroatoms. The fourth-order valence-corrected chi connectivity index (χ4v) is 4.89. The van der Waals surface area contributed by atoms with Gasteiger partial charge in [-0.2, -0.15) is 4.98 Å². The van der Waals surface area contributed by atoms with Crippen molar-refractivity contribution in [2.45, 2.75) is 45.1 Å². The van der Waals surface area contributed by atoms with Crippen molar-refractivity contribution in [1.82, 2.24) is 19.5 Å². The van der Waals surface area contributed by atoms with Gasteiger partial charge in [0.2, 0.25) is 4.96 Å². The molecule has 1 fully saturated rings. The third-order valence-electron chi connectivity index (χ3n) is 5.59. The van der Waals surface area contributed by atoms with E-state index in [-0.39, 0.29) is 23.8 Å². The molecule has 0 saturated heterocycles. The number of imide groups is 1. The number of rotatable bonds is 3. The van der Waals surface area contributed by atoms with Gasteiger partial charge in [0.05, 0.1) is 16.8 Å². The Labute approximate surface area is 170 Å². The minimum absolute atomic E-state index is 0.0423. The van der Waals surface area contributed by atoms with E-state index in [1.165, 1.54) is 22.3 Å². The summed E-state index contributed by atoms with van der Waals surface area (Å²) in [5.41, 5.74) is 1.89. The molecule has 1 N–H and O–H groups in total. The van der Waals surface area contributed by atoms with Gasteiger partial charge in [0.15, 0.2) is 0 Å². The van der Waals surface area contributed by atoms with Gasteiger partial charge in [-0.15, -0.1) is 16.4 Å². The van der Waals surface area contributed by atoms with E-state index < -0.39 is 5.91 Å². The van der Waals surface area contributed by atoms with Gasteiger partial charge < -0.3 is 0 Å². The zero-order chi connectivity index (χ0) is 20.1. The van der Waals surface area contributed by atoms with E-state index in [1.54, 1.807) is 16.6 Å². The van der Waals surface area contributed by atoms with Gasteiger partial charge in [0.1, 0.15) is 0 Å². The minimum Gasteiger partial charge on any atom is -0.289 e. The van der Waals surface area contributed by atoms with Crippen molar-refractivity contribution in [1.29, 1.82) is 0 Å². The monoisotopic (exact) mass is 409 g/mol. The van der Waals surface area contributed by atoms with Gasteiger partial charge in [0, 0.05) is 17.0 Å². The van der Waals surface area contributed by atoms with Crippen LogP contribution in [0.15, 0.2) is 23.6 Å². The molecule has 0 spiro atoms. The molecule has 3 aromatic rings. The highest BCUT2D eigenvalue weighted by Crippen LogP contribution is 2.31. The zero-order valence-electron chi connectivity index (χ0n) is 15.8. The topological polar surface area (TPSA) is 96.7 Å². The summed E-state index contributed by atoms with van der Waals surface area (Å²) in [6.45, 7) is 1.91. The van der Waals surface area contributed by atoms with E-state index in [2.05, 4.69) is 15.4 Å². The molecule has 3 amide bonds. The van der Waals surface area contributed by atoms with Gasteiger partial charge in [-0.05, 0) is 38.0 Å². The average molecular weight is 409 g/mol. The van der Waals surface area contributed by atoms with Gasteiger partial charge in [0.25, 0.3) is 23.7 Å². The van der Waals surface area contributed by atoms with Crippen LogP contribution in [0, 0.1) is 6.92 Å². The first-order valence-electron chi connectivity index (χ1n) is 9.67. The number of amides is 3. The van der Waals surface area contributed by atoms with Gasteiger partial charge in [-0.1, -0.05) is 19.3 Å². The Kier molecular flexibility index (Phi) is 4.20. The third-order valence-corrected chi connectivity index (χ3v) is 6.53. The number of carbonyl (C=O) groups is 3. The normalized spacial score (nSPS) is 17.2. The molecule has 0 bridgehead atoms. The van der Waals surface area contributed by atoms with Crippen molar-refractivity contribution in [2.75, 3.05) is 5.32 Å². The van der Waals surface area contributed by atoms with Crippen LogP contribution < -0.4 is 5.32 Å². The molecular formula is C20H19N5O3S. The highest BCUT2D eigenvalue weighted by molar-refractivity contribution is 7.15. The summed E-state index contributed by atoms with van der Waals surface area (Å²) in [6, 6.07) is 4.58. The maximum absolute atomic E-state index is 12.9. The van der Waals surface area contributed by atoms with Crippen molar-refractivity contribution in [3.8, 4) is 0 Å². The van der Waals surface area contributed by atoms with Gasteiger partial charge in [-0.25, -0.2) is 4.52 Å². The number of aryl methyl sites for hydroxylation is 1. The number of carbonyl (C=O) groups excluding carboxylic acids is 3. The summed E-state index contributed by atoms with van der Waals surface area (Å²) >= 11 is 1.44. The average Bonchev–Trinajstić information content (AvgIpc) is 3.36. The number of aromatic nitrogens is 3. The Bertz CT molecular complexity index is 1160. The Morgan fingerprint density at radius 3 is 2.66 bits per heavy atom. The zero-order valence-corrected chi connectivity index (χ0v) is 16.7. The van der Waals surface area contributed by atoms with E-state index in [1.807, 2.05) is 12.3 Å². The molecule has 1 saturated carbocycles. The van der Waals surface area contributed by atoms with Crippen LogP contribution in [-0.2, 0) is 0 Å². The molecule has 1 aliphatic carbocycles. The van der Waals surface area contributed by atoms with Crippen LogP contribution in [0.1, 0.15) is 68.9 Å². The number of thiazole rings is 1. The van der Waals surface area contributed by atoms with E-state index >= 15 is 0 Å². The van der Waals surface area contributed by atoms with Crippen molar-refractivity contribution < 1.29 is 14.4 Å². The highest BCUT2D eigenvalue weighted by atomic mass is 32.1. The first-order chi connectivity index (χ1) is 14.0. The van der Waals surface area contributed by atoms with Crippen LogP contribution in [0.5, 0.6) is 0 Å². The van der Waals surface area contributed by atoms with Gasteiger partial charge >= 0.3 is 0 Å². The predicted octanol–water partition coefficient (Wildman–Crippen LogP) is 3.28. The first-order valence-corrected chi connectivity index (χ1v) is 10.5. The number of nitrogens with one attached hydrogen (secondary N) is 1. The second-order valence-corrected chi connectivity index (χ2v) is 8.33. The van der Waals surface area contributed by atoms with Crippen LogP contribution in [0.4, 0.5) is 5.95 Å².